The van der Waals surface area contributed by atoms with Crippen LogP contribution in [0.3, 0.4) is 0 Å². The molecule has 0 amide bonds. The van der Waals surface area contributed by atoms with Gasteiger partial charge in [-0.3, -0.25) is 0 Å². The average molecular weight is 331 g/mol. The predicted octanol–water partition coefficient (Wildman–Crippen LogP) is 4.80. The summed E-state index contributed by atoms with van der Waals surface area (Å²) in [6.07, 6.45) is 0. The van der Waals surface area contributed by atoms with Crippen molar-refractivity contribution in [3.63, 3.8) is 0 Å². The van der Waals surface area contributed by atoms with Gasteiger partial charge in [-0.05, 0) is 29.8 Å². The minimum atomic E-state index is -0.315. The second kappa shape index (κ2) is 5.40. The lowest BCUT2D eigenvalue weighted by Gasteiger charge is -2.15. The van der Waals surface area contributed by atoms with E-state index in [4.69, 9.17) is 28.9 Å². The van der Waals surface area contributed by atoms with E-state index in [1.807, 2.05) is 30.3 Å². The molecule has 4 heteroatoms. The van der Waals surface area contributed by atoms with Crippen molar-refractivity contribution >= 4 is 39.1 Å². The number of nitrogens with two attached hydrogens (primary N) is 1. The number of rotatable bonds is 2. The molecule has 0 fully saturated rings. The summed E-state index contributed by atoms with van der Waals surface area (Å²) in [5.41, 5.74) is 7.92. The molecule has 2 rings (SSSR count). The third-order valence-corrected chi connectivity index (χ3v) is 3.73. The molecule has 0 spiro atoms. The van der Waals surface area contributed by atoms with Crippen molar-refractivity contribution < 1.29 is 0 Å². The Morgan fingerprint density at radius 1 is 0.941 bits per heavy atom. The van der Waals surface area contributed by atoms with E-state index in [0.29, 0.717) is 10.0 Å². The van der Waals surface area contributed by atoms with Gasteiger partial charge in [0.2, 0.25) is 0 Å². The average Bonchev–Trinajstić information content (AvgIpc) is 2.29. The van der Waals surface area contributed by atoms with Gasteiger partial charge >= 0.3 is 0 Å². The van der Waals surface area contributed by atoms with Crippen LogP contribution in [0.2, 0.25) is 10.0 Å². The third kappa shape index (κ3) is 2.83. The van der Waals surface area contributed by atoms with Crippen molar-refractivity contribution in [1.29, 1.82) is 0 Å². The molecule has 0 radical (unpaired) electrons. The molecule has 0 saturated heterocycles. The number of benzene rings is 2. The maximum Gasteiger partial charge on any atom is 0.0581 e. The van der Waals surface area contributed by atoms with Crippen molar-refractivity contribution in [2.45, 2.75) is 6.04 Å². The lowest BCUT2D eigenvalue weighted by molar-refractivity contribution is 0.871. The highest BCUT2D eigenvalue weighted by Crippen LogP contribution is 2.32. The fourth-order valence-electron chi connectivity index (χ4n) is 1.64. The summed E-state index contributed by atoms with van der Waals surface area (Å²) in [5.74, 6) is 0. The second-order valence-corrected chi connectivity index (χ2v) is 5.39. The molecular formula is C13H10BrCl2N. The summed E-state index contributed by atoms with van der Waals surface area (Å²) in [4.78, 5) is 0. The Kier molecular flexibility index (Phi) is 4.10. The molecule has 1 atom stereocenters. The van der Waals surface area contributed by atoms with Crippen molar-refractivity contribution in [3.05, 3.63) is 68.1 Å². The van der Waals surface area contributed by atoms with Gasteiger partial charge in [0.25, 0.3) is 0 Å². The Labute approximate surface area is 119 Å². The van der Waals surface area contributed by atoms with Crippen molar-refractivity contribution in [1.82, 2.24) is 0 Å². The molecule has 0 saturated carbocycles. The minimum absolute atomic E-state index is 0.315. The fourth-order valence-corrected chi connectivity index (χ4v) is 2.54. The SMILES string of the molecule is NC(c1ccc(Br)cc1)c1c(Cl)cccc1Cl. The largest absolute Gasteiger partial charge is 0.320 e. The number of hydrogen-bond acceptors (Lipinski definition) is 1. The Morgan fingerprint density at radius 3 is 2.00 bits per heavy atom. The summed E-state index contributed by atoms with van der Waals surface area (Å²) in [6.45, 7) is 0. The molecule has 0 heterocycles. The predicted molar refractivity (Wildman–Crippen MR) is 76.6 cm³/mol. The number of halogens is 3. The van der Waals surface area contributed by atoms with Gasteiger partial charge in [0.15, 0.2) is 0 Å². The molecule has 0 aliphatic heterocycles. The van der Waals surface area contributed by atoms with Gasteiger partial charge in [-0.1, -0.05) is 57.3 Å². The highest BCUT2D eigenvalue weighted by molar-refractivity contribution is 9.10. The molecule has 2 aromatic rings. The first-order valence-electron chi connectivity index (χ1n) is 5.04. The minimum Gasteiger partial charge on any atom is -0.320 e. The molecular weight excluding hydrogens is 321 g/mol. The topological polar surface area (TPSA) is 26.0 Å². The smallest absolute Gasteiger partial charge is 0.0581 e. The van der Waals surface area contributed by atoms with Crippen LogP contribution in [-0.4, -0.2) is 0 Å². The third-order valence-electron chi connectivity index (χ3n) is 2.54. The summed E-state index contributed by atoms with van der Waals surface area (Å²) >= 11 is 15.7. The van der Waals surface area contributed by atoms with Crippen LogP contribution in [0.5, 0.6) is 0 Å². The van der Waals surface area contributed by atoms with Crippen LogP contribution in [0, 0.1) is 0 Å². The zero-order valence-corrected chi connectivity index (χ0v) is 11.9. The van der Waals surface area contributed by atoms with Crippen molar-refractivity contribution in [3.8, 4) is 0 Å². The highest BCUT2D eigenvalue weighted by Gasteiger charge is 2.15. The van der Waals surface area contributed by atoms with Crippen LogP contribution < -0.4 is 5.73 Å². The molecule has 1 unspecified atom stereocenters. The Hall–Kier alpha value is -0.540. The van der Waals surface area contributed by atoms with E-state index in [1.165, 1.54) is 0 Å². The molecule has 0 aromatic heterocycles. The van der Waals surface area contributed by atoms with Gasteiger partial charge in [0.1, 0.15) is 0 Å². The Morgan fingerprint density at radius 2 is 1.47 bits per heavy atom. The monoisotopic (exact) mass is 329 g/mol. The van der Waals surface area contributed by atoms with Crippen LogP contribution in [0.4, 0.5) is 0 Å². The molecule has 0 aliphatic rings. The zero-order valence-electron chi connectivity index (χ0n) is 8.83. The standard InChI is InChI=1S/C13H10BrCl2N/c14-9-6-4-8(5-7-9)13(17)12-10(15)2-1-3-11(12)16/h1-7,13H,17H2. The van der Waals surface area contributed by atoms with Gasteiger partial charge in [0, 0.05) is 20.1 Å². The Bertz CT molecular complexity index is 505. The molecule has 2 aromatic carbocycles. The first-order chi connectivity index (χ1) is 8.09. The highest BCUT2D eigenvalue weighted by atomic mass is 79.9. The van der Waals surface area contributed by atoms with Gasteiger partial charge in [0.05, 0.1) is 6.04 Å². The van der Waals surface area contributed by atoms with Gasteiger partial charge in [-0.15, -0.1) is 0 Å². The van der Waals surface area contributed by atoms with Gasteiger partial charge in [-0.2, -0.15) is 0 Å². The molecule has 88 valence electrons. The maximum atomic E-state index is 6.18. The number of hydrogen-bond donors (Lipinski definition) is 1. The van der Waals surface area contributed by atoms with Gasteiger partial charge in [-0.25, -0.2) is 0 Å². The van der Waals surface area contributed by atoms with Crippen LogP contribution in [0.15, 0.2) is 46.9 Å². The first kappa shape index (κ1) is 12.9. The zero-order chi connectivity index (χ0) is 12.4. The van der Waals surface area contributed by atoms with E-state index in [9.17, 15) is 0 Å². The van der Waals surface area contributed by atoms with E-state index < -0.39 is 0 Å². The van der Waals surface area contributed by atoms with E-state index in [2.05, 4.69) is 15.9 Å². The quantitative estimate of drug-likeness (QED) is 0.840. The molecule has 0 bridgehead atoms. The van der Waals surface area contributed by atoms with E-state index in [-0.39, 0.29) is 6.04 Å². The molecule has 1 nitrogen and oxygen atoms in total. The lowest BCUT2D eigenvalue weighted by atomic mass is 10.00. The second-order valence-electron chi connectivity index (χ2n) is 3.66. The van der Waals surface area contributed by atoms with Crippen molar-refractivity contribution in [2.75, 3.05) is 0 Å². The summed E-state index contributed by atoms with van der Waals surface area (Å²) in [7, 11) is 0. The van der Waals surface area contributed by atoms with Crippen molar-refractivity contribution in [2.24, 2.45) is 5.73 Å². The van der Waals surface area contributed by atoms with Crippen LogP contribution in [0.1, 0.15) is 17.2 Å². The first-order valence-corrected chi connectivity index (χ1v) is 6.59. The van der Waals surface area contributed by atoms with E-state index in [0.717, 1.165) is 15.6 Å². The van der Waals surface area contributed by atoms with E-state index in [1.54, 1.807) is 12.1 Å². The maximum absolute atomic E-state index is 6.18. The van der Waals surface area contributed by atoms with Crippen LogP contribution in [0.25, 0.3) is 0 Å². The lowest BCUT2D eigenvalue weighted by Crippen LogP contribution is -2.12. The molecule has 0 aliphatic carbocycles. The van der Waals surface area contributed by atoms with Crippen LogP contribution >= 0.6 is 39.1 Å². The molecule has 17 heavy (non-hydrogen) atoms. The van der Waals surface area contributed by atoms with Gasteiger partial charge < -0.3 is 5.73 Å². The summed E-state index contributed by atoms with van der Waals surface area (Å²) in [5, 5.41) is 1.18. The summed E-state index contributed by atoms with van der Waals surface area (Å²) in [6, 6.07) is 12.9. The molecule has 2 N–H and O–H groups in total. The Balaban J connectivity index is 2.43. The van der Waals surface area contributed by atoms with E-state index >= 15 is 0 Å². The normalized spacial score (nSPS) is 12.5. The fraction of sp³-hybridized carbons (Fsp3) is 0.0769. The summed E-state index contributed by atoms with van der Waals surface area (Å²) < 4.78 is 1.01. The van der Waals surface area contributed by atoms with Crippen LogP contribution in [-0.2, 0) is 0 Å².